The minimum Gasteiger partial charge on any atom is -0.488 e. The van der Waals surface area contributed by atoms with Crippen LogP contribution < -0.4 is 4.74 Å². The zero-order valence-corrected chi connectivity index (χ0v) is 10.9. The van der Waals surface area contributed by atoms with Crippen molar-refractivity contribution >= 4 is 21.9 Å². The molecule has 3 rings (SSSR count). The fraction of sp³-hybridized carbons (Fsp3) is 0.308. The van der Waals surface area contributed by atoms with Crippen molar-refractivity contribution in [2.75, 3.05) is 7.11 Å². The molecule has 17 heavy (non-hydrogen) atoms. The summed E-state index contributed by atoms with van der Waals surface area (Å²) in [7, 11) is 1.38. The topological polar surface area (TPSA) is 35.5 Å². The first-order valence-electron chi connectivity index (χ1n) is 5.46. The molecule has 0 fully saturated rings. The fourth-order valence-electron chi connectivity index (χ4n) is 2.46. The number of rotatable bonds is 1. The van der Waals surface area contributed by atoms with Gasteiger partial charge in [-0.1, -0.05) is 28.1 Å². The summed E-state index contributed by atoms with van der Waals surface area (Å²) in [6.45, 7) is 0. The summed E-state index contributed by atoms with van der Waals surface area (Å²) in [5, 5.41) is 0. The molecule has 1 aliphatic carbocycles. The van der Waals surface area contributed by atoms with Crippen molar-refractivity contribution in [3.8, 4) is 5.75 Å². The molecular weight excluding hydrogens is 284 g/mol. The largest absolute Gasteiger partial charge is 0.488 e. The molecular formula is C13H11BrO3. The molecule has 1 aromatic carbocycles. The quantitative estimate of drug-likeness (QED) is 0.590. The van der Waals surface area contributed by atoms with Gasteiger partial charge >= 0.3 is 5.97 Å². The molecule has 1 unspecified atom stereocenters. The number of benzene rings is 1. The lowest BCUT2D eigenvalue weighted by Crippen LogP contribution is -2.12. The van der Waals surface area contributed by atoms with Crippen LogP contribution in [0.4, 0.5) is 0 Å². The summed E-state index contributed by atoms with van der Waals surface area (Å²) in [4.78, 5) is 11.7. The fourth-order valence-corrected chi connectivity index (χ4v) is 2.94. The summed E-state index contributed by atoms with van der Waals surface area (Å²) in [5.74, 6) is 0.594. The molecule has 3 nitrogen and oxygen atoms in total. The number of halogens is 1. The van der Waals surface area contributed by atoms with Crippen LogP contribution in [0.5, 0.6) is 5.75 Å². The molecule has 0 saturated carbocycles. The second kappa shape index (κ2) is 3.88. The Bertz CT molecular complexity index is 522. The van der Waals surface area contributed by atoms with Gasteiger partial charge in [-0.3, -0.25) is 0 Å². The Morgan fingerprint density at radius 2 is 2.35 bits per heavy atom. The lowest BCUT2D eigenvalue weighted by atomic mass is 9.97. The molecule has 88 valence electrons. The minimum atomic E-state index is -0.355. The first-order valence-corrected chi connectivity index (χ1v) is 6.25. The van der Waals surface area contributed by atoms with Crippen LogP contribution in [0.2, 0.25) is 0 Å². The predicted octanol–water partition coefficient (Wildman–Crippen LogP) is 3.04. The van der Waals surface area contributed by atoms with Crippen LogP contribution in [-0.4, -0.2) is 19.2 Å². The van der Waals surface area contributed by atoms with E-state index in [0.29, 0.717) is 11.3 Å². The number of hydrogen-bond donors (Lipinski definition) is 0. The Labute approximate surface area is 108 Å². The zero-order valence-electron chi connectivity index (χ0n) is 9.27. The van der Waals surface area contributed by atoms with Gasteiger partial charge in [-0.25, -0.2) is 4.79 Å². The van der Waals surface area contributed by atoms with Crippen molar-refractivity contribution in [3.05, 3.63) is 39.9 Å². The van der Waals surface area contributed by atoms with E-state index in [1.807, 2.05) is 6.07 Å². The van der Waals surface area contributed by atoms with Crippen molar-refractivity contribution < 1.29 is 14.3 Å². The molecule has 1 aromatic rings. The number of carbonyl (C=O) groups excluding carboxylic acids is 1. The zero-order chi connectivity index (χ0) is 12.0. The van der Waals surface area contributed by atoms with E-state index in [1.54, 1.807) is 6.07 Å². The predicted molar refractivity (Wildman–Crippen MR) is 66.4 cm³/mol. The Morgan fingerprint density at radius 1 is 1.53 bits per heavy atom. The van der Waals surface area contributed by atoms with Crippen molar-refractivity contribution in [1.29, 1.82) is 0 Å². The number of carbonyl (C=O) groups is 1. The molecule has 0 radical (unpaired) electrons. The van der Waals surface area contributed by atoms with Crippen molar-refractivity contribution in [3.63, 3.8) is 0 Å². The van der Waals surface area contributed by atoms with E-state index in [-0.39, 0.29) is 18.0 Å². The maximum atomic E-state index is 11.7. The molecule has 1 heterocycles. The SMILES string of the molecule is COC(=O)c1cc(Br)cc2c1OC1CC=C[C@@H]21. The number of esters is 1. The van der Waals surface area contributed by atoms with Crippen LogP contribution in [0.3, 0.4) is 0 Å². The van der Waals surface area contributed by atoms with Gasteiger partial charge in [-0.05, 0) is 12.1 Å². The van der Waals surface area contributed by atoms with Gasteiger partial charge in [0.1, 0.15) is 17.4 Å². The summed E-state index contributed by atoms with van der Waals surface area (Å²) in [6.07, 6.45) is 5.31. The normalized spacial score (nSPS) is 24.1. The molecule has 0 bridgehead atoms. The first kappa shape index (κ1) is 10.8. The minimum absolute atomic E-state index is 0.141. The van der Waals surface area contributed by atoms with E-state index in [9.17, 15) is 4.79 Å². The van der Waals surface area contributed by atoms with Crippen LogP contribution in [0.15, 0.2) is 28.8 Å². The summed E-state index contributed by atoms with van der Waals surface area (Å²) < 4.78 is 11.5. The highest BCUT2D eigenvalue weighted by Gasteiger charge is 2.37. The summed E-state index contributed by atoms with van der Waals surface area (Å²) in [6, 6.07) is 3.76. The molecule has 0 N–H and O–H groups in total. The van der Waals surface area contributed by atoms with Crippen molar-refractivity contribution in [2.24, 2.45) is 0 Å². The second-order valence-electron chi connectivity index (χ2n) is 4.21. The highest BCUT2D eigenvalue weighted by Crippen LogP contribution is 2.46. The van der Waals surface area contributed by atoms with Gasteiger partial charge in [0.25, 0.3) is 0 Å². The standard InChI is InChI=1S/C13H11BrO3/c1-16-13(15)10-6-7(14)5-9-8-3-2-4-11(8)17-12(9)10/h2-3,5-6,8,11H,4H2,1H3/t8-,11?/m0/s1. The molecule has 0 amide bonds. The van der Waals surface area contributed by atoms with E-state index in [1.165, 1.54) is 7.11 Å². The Morgan fingerprint density at radius 3 is 3.12 bits per heavy atom. The first-order chi connectivity index (χ1) is 8.20. The van der Waals surface area contributed by atoms with Gasteiger partial charge in [0, 0.05) is 22.4 Å². The van der Waals surface area contributed by atoms with Crippen LogP contribution in [-0.2, 0) is 4.74 Å². The number of fused-ring (bicyclic) bond motifs is 3. The van der Waals surface area contributed by atoms with Gasteiger partial charge in [0.15, 0.2) is 0 Å². The highest BCUT2D eigenvalue weighted by molar-refractivity contribution is 9.10. The number of methoxy groups -OCH3 is 1. The molecule has 0 aromatic heterocycles. The monoisotopic (exact) mass is 294 g/mol. The lowest BCUT2D eigenvalue weighted by Gasteiger charge is -2.09. The van der Waals surface area contributed by atoms with E-state index in [2.05, 4.69) is 28.1 Å². The average Bonchev–Trinajstić information content (AvgIpc) is 2.88. The van der Waals surface area contributed by atoms with Gasteiger partial charge in [0.2, 0.25) is 0 Å². The Balaban J connectivity index is 2.15. The number of ether oxygens (including phenoxy) is 2. The third kappa shape index (κ3) is 1.59. The summed E-state index contributed by atoms with van der Waals surface area (Å²) in [5.41, 5.74) is 1.57. The average molecular weight is 295 g/mol. The third-order valence-corrected chi connectivity index (χ3v) is 3.69. The molecule has 2 aliphatic rings. The van der Waals surface area contributed by atoms with Gasteiger partial charge in [-0.2, -0.15) is 0 Å². The van der Waals surface area contributed by atoms with Crippen molar-refractivity contribution in [2.45, 2.75) is 18.4 Å². The van der Waals surface area contributed by atoms with Crippen LogP contribution in [0.1, 0.15) is 28.3 Å². The van der Waals surface area contributed by atoms with Crippen LogP contribution >= 0.6 is 15.9 Å². The van der Waals surface area contributed by atoms with Crippen molar-refractivity contribution in [1.82, 2.24) is 0 Å². The van der Waals surface area contributed by atoms with Gasteiger partial charge in [-0.15, -0.1) is 0 Å². The molecule has 1 aliphatic heterocycles. The van der Waals surface area contributed by atoms with Crippen LogP contribution in [0.25, 0.3) is 0 Å². The van der Waals surface area contributed by atoms with E-state index < -0.39 is 0 Å². The van der Waals surface area contributed by atoms with Gasteiger partial charge in [0.05, 0.1) is 7.11 Å². The maximum Gasteiger partial charge on any atom is 0.341 e. The summed E-state index contributed by atoms with van der Waals surface area (Å²) >= 11 is 3.42. The lowest BCUT2D eigenvalue weighted by molar-refractivity contribution is 0.0595. The van der Waals surface area contributed by atoms with Gasteiger partial charge < -0.3 is 9.47 Å². The number of hydrogen-bond acceptors (Lipinski definition) is 3. The molecule has 4 heteroatoms. The van der Waals surface area contributed by atoms with Crippen LogP contribution in [0, 0.1) is 0 Å². The van der Waals surface area contributed by atoms with E-state index in [0.717, 1.165) is 16.5 Å². The maximum absolute atomic E-state index is 11.7. The highest BCUT2D eigenvalue weighted by atomic mass is 79.9. The third-order valence-electron chi connectivity index (χ3n) is 3.23. The molecule has 2 atom stereocenters. The smallest absolute Gasteiger partial charge is 0.341 e. The molecule has 0 saturated heterocycles. The Kier molecular flexibility index (Phi) is 2.47. The second-order valence-corrected chi connectivity index (χ2v) is 5.12. The molecule has 0 spiro atoms. The van der Waals surface area contributed by atoms with E-state index in [4.69, 9.17) is 9.47 Å². The van der Waals surface area contributed by atoms with E-state index >= 15 is 0 Å². The Hall–Kier alpha value is -1.29.